The largest absolute Gasteiger partial charge is 0.480 e. The molecule has 0 bridgehead atoms. The van der Waals surface area contributed by atoms with E-state index in [-0.39, 0.29) is 11.4 Å². The summed E-state index contributed by atoms with van der Waals surface area (Å²) in [6.45, 7) is 5.43. The third kappa shape index (κ3) is 3.39. The second-order valence-corrected chi connectivity index (χ2v) is 6.32. The molecule has 2 aliphatic rings. The quantitative estimate of drug-likeness (QED) is 0.820. The molecule has 2 unspecified atom stereocenters. The number of hydrogen-bond donors (Lipinski definition) is 2. The number of nitrogens with one attached hydrogen (secondary N) is 1. The Morgan fingerprint density at radius 2 is 2.11 bits per heavy atom. The average molecular weight is 268 g/mol. The Hall–Kier alpha value is -1.26. The normalized spacial score (nSPS) is 28.8. The monoisotopic (exact) mass is 268 g/mol. The zero-order chi connectivity index (χ0) is 14.0. The molecule has 2 N–H and O–H groups in total. The van der Waals surface area contributed by atoms with Crippen LogP contribution in [0.15, 0.2) is 0 Å². The van der Waals surface area contributed by atoms with E-state index in [4.69, 9.17) is 0 Å². The van der Waals surface area contributed by atoms with E-state index in [2.05, 4.69) is 19.2 Å². The van der Waals surface area contributed by atoms with Crippen molar-refractivity contribution < 1.29 is 14.7 Å². The topological polar surface area (TPSA) is 69.6 Å². The van der Waals surface area contributed by atoms with Gasteiger partial charge in [-0.1, -0.05) is 20.3 Å². The number of aliphatic carboxylic acids is 1. The lowest BCUT2D eigenvalue weighted by Gasteiger charge is -2.37. The van der Waals surface area contributed by atoms with Gasteiger partial charge in [0.25, 0.3) is 0 Å². The van der Waals surface area contributed by atoms with Gasteiger partial charge in [-0.15, -0.1) is 0 Å². The van der Waals surface area contributed by atoms with Gasteiger partial charge < -0.3 is 15.3 Å². The van der Waals surface area contributed by atoms with Gasteiger partial charge >= 0.3 is 12.0 Å². The fraction of sp³-hybridized carbons (Fsp3) is 0.857. The van der Waals surface area contributed by atoms with Gasteiger partial charge in [0.05, 0.1) is 0 Å². The number of amides is 2. The van der Waals surface area contributed by atoms with Crippen LogP contribution in [-0.2, 0) is 4.79 Å². The summed E-state index contributed by atoms with van der Waals surface area (Å²) < 4.78 is 0. The second-order valence-electron chi connectivity index (χ2n) is 6.32. The van der Waals surface area contributed by atoms with Crippen molar-refractivity contribution in [3.63, 3.8) is 0 Å². The zero-order valence-corrected chi connectivity index (χ0v) is 11.8. The summed E-state index contributed by atoms with van der Waals surface area (Å²) in [6.07, 6.45) is 4.76. The second kappa shape index (κ2) is 5.39. The van der Waals surface area contributed by atoms with Gasteiger partial charge in [0, 0.05) is 13.1 Å². The van der Waals surface area contributed by atoms with Crippen LogP contribution in [0.5, 0.6) is 0 Å². The van der Waals surface area contributed by atoms with Gasteiger partial charge in [-0.2, -0.15) is 0 Å². The number of carbonyl (C=O) groups excluding carboxylic acids is 1. The number of piperidine rings is 1. The minimum atomic E-state index is -0.883. The maximum atomic E-state index is 12.1. The molecule has 2 amide bonds. The molecule has 0 radical (unpaired) electrons. The predicted octanol–water partition coefficient (Wildman–Crippen LogP) is 2.07. The Kier molecular flexibility index (Phi) is 4.02. The summed E-state index contributed by atoms with van der Waals surface area (Å²) in [4.78, 5) is 25.0. The highest BCUT2D eigenvalue weighted by molar-refractivity contribution is 5.83. The highest BCUT2D eigenvalue weighted by atomic mass is 16.4. The molecule has 2 fully saturated rings. The van der Waals surface area contributed by atoms with E-state index in [9.17, 15) is 14.7 Å². The van der Waals surface area contributed by atoms with Crippen molar-refractivity contribution in [2.24, 2.45) is 11.3 Å². The van der Waals surface area contributed by atoms with Crippen LogP contribution in [0.1, 0.15) is 46.0 Å². The third-order valence-corrected chi connectivity index (χ3v) is 4.60. The predicted molar refractivity (Wildman–Crippen MR) is 71.9 cm³/mol. The third-order valence-electron chi connectivity index (χ3n) is 4.60. The number of likely N-dealkylation sites (tertiary alicyclic amines) is 1. The molecule has 0 spiro atoms. The molecule has 19 heavy (non-hydrogen) atoms. The Bertz CT molecular complexity index is 366. The van der Waals surface area contributed by atoms with Gasteiger partial charge in [0.15, 0.2) is 0 Å². The van der Waals surface area contributed by atoms with Crippen molar-refractivity contribution >= 4 is 12.0 Å². The molecule has 108 valence electrons. The number of rotatable bonds is 4. The van der Waals surface area contributed by atoms with E-state index >= 15 is 0 Å². The molecule has 2 rings (SSSR count). The molecule has 5 nitrogen and oxygen atoms in total. The summed E-state index contributed by atoms with van der Waals surface area (Å²) in [5, 5.41) is 12.2. The molecule has 1 heterocycles. The molecule has 0 aromatic rings. The Labute approximate surface area is 114 Å². The van der Waals surface area contributed by atoms with Crippen molar-refractivity contribution in [3.05, 3.63) is 0 Å². The first-order valence-corrected chi connectivity index (χ1v) is 7.22. The molecule has 1 saturated heterocycles. The number of carboxylic acids is 1. The Morgan fingerprint density at radius 1 is 1.42 bits per heavy atom. The van der Waals surface area contributed by atoms with Crippen LogP contribution in [0.3, 0.4) is 0 Å². The number of hydrogen-bond acceptors (Lipinski definition) is 2. The van der Waals surface area contributed by atoms with E-state index in [0.717, 1.165) is 25.7 Å². The average Bonchev–Trinajstić information content (AvgIpc) is 3.13. The van der Waals surface area contributed by atoms with E-state index < -0.39 is 12.0 Å². The van der Waals surface area contributed by atoms with Crippen LogP contribution < -0.4 is 5.32 Å². The van der Waals surface area contributed by atoms with Crippen molar-refractivity contribution in [1.82, 2.24) is 10.2 Å². The van der Waals surface area contributed by atoms with Crippen LogP contribution in [0.2, 0.25) is 0 Å². The van der Waals surface area contributed by atoms with Crippen molar-refractivity contribution in [2.45, 2.75) is 52.0 Å². The van der Waals surface area contributed by atoms with Crippen molar-refractivity contribution in [2.75, 3.05) is 13.1 Å². The number of urea groups is 1. The van der Waals surface area contributed by atoms with E-state index in [1.807, 2.05) is 0 Å². The minimum absolute atomic E-state index is 0.213. The highest BCUT2D eigenvalue weighted by Crippen LogP contribution is 2.44. The van der Waals surface area contributed by atoms with Crippen LogP contribution in [0.25, 0.3) is 0 Å². The number of nitrogens with zero attached hydrogens (tertiary/aromatic N) is 1. The van der Waals surface area contributed by atoms with E-state index in [0.29, 0.717) is 25.4 Å². The Balaban J connectivity index is 1.92. The van der Waals surface area contributed by atoms with Gasteiger partial charge in [0.1, 0.15) is 6.04 Å². The molecule has 1 saturated carbocycles. The van der Waals surface area contributed by atoms with Crippen molar-refractivity contribution in [3.8, 4) is 0 Å². The fourth-order valence-electron chi connectivity index (χ4n) is 2.67. The minimum Gasteiger partial charge on any atom is -0.480 e. The number of carboxylic acid groups (broad SMARTS) is 1. The number of carbonyl (C=O) groups is 2. The molecular weight excluding hydrogens is 244 g/mol. The van der Waals surface area contributed by atoms with Gasteiger partial charge in [-0.05, 0) is 37.0 Å². The standard InChI is InChI=1S/C14H24N2O3/c1-3-10-4-7-16(11(8-10)12(17)18)13(19)15-9-14(2)5-6-14/h10-11H,3-9H2,1-2H3,(H,15,19)(H,17,18). The summed E-state index contributed by atoms with van der Waals surface area (Å²) in [7, 11) is 0. The first-order valence-electron chi connectivity index (χ1n) is 7.22. The molecular formula is C14H24N2O3. The van der Waals surface area contributed by atoms with Crippen LogP contribution >= 0.6 is 0 Å². The first kappa shape index (κ1) is 14.2. The molecule has 0 aromatic heterocycles. The smallest absolute Gasteiger partial charge is 0.326 e. The van der Waals surface area contributed by atoms with Crippen LogP contribution in [-0.4, -0.2) is 41.1 Å². The van der Waals surface area contributed by atoms with E-state index in [1.54, 1.807) is 0 Å². The molecule has 0 aromatic carbocycles. The summed E-state index contributed by atoms with van der Waals surface area (Å²) in [6, 6.07) is -0.874. The molecule has 1 aliphatic heterocycles. The Morgan fingerprint density at radius 3 is 2.63 bits per heavy atom. The van der Waals surface area contributed by atoms with Gasteiger partial charge in [0.2, 0.25) is 0 Å². The van der Waals surface area contributed by atoms with E-state index in [1.165, 1.54) is 4.90 Å². The van der Waals surface area contributed by atoms with Crippen molar-refractivity contribution in [1.29, 1.82) is 0 Å². The fourth-order valence-corrected chi connectivity index (χ4v) is 2.67. The van der Waals surface area contributed by atoms with Gasteiger partial charge in [-0.3, -0.25) is 0 Å². The lowest BCUT2D eigenvalue weighted by molar-refractivity contribution is -0.144. The summed E-state index contributed by atoms with van der Waals surface area (Å²) >= 11 is 0. The maximum Gasteiger partial charge on any atom is 0.326 e. The zero-order valence-electron chi connectivity index (χ0n) is 11.8. The van der Waals surface area contributed by atoms with Crippen LogP contribution in [0, 0.1) is 11.3 Å². The summed E-state index contributed by atoms with van der Waals surface area (Å²) in [5.41, 5.74) is 0.246. The van der Waals surface area contributed by atoms with Gasteiger partial charge in [-0.25, -0.2) is 9.59 Å². The SMILES string of the molecule is CCC1CCN(C(=O)NCC2(C)CC2)C(C(=O)O)C1. The molecule has 1 aliphatic carbocycles. The summed E-state index contributed by atoms with van der Waals surface area (Å²) in [5.74, 6) is -0.461. The first-order chi connectivity index (χ1) is 8.95. The van der Waals surface area contributed by atoms with Crippen LogP contribution in [0.4, 0.5) is 4.79 Å². The molecule has 5 heteroatoms. The highest BCUT2D eigenvalue weighted by Gasteiger charge is 2.39. The molecule has 2 atom stereocenters. The maximum absolute atomic E-state index is 12.1. The lowest BCUT2D eigenvalue weighted by Crippen LogP contribution is -2.54. The lowest BCUT2D eigenvalue weighted by atomic mass is 9.89.